The lowest BCUT2D eigenvalue weighted by Gasteiger charge is -2.27. The van der Waals surface area contributed by atoms with E-state index >= 15 is 0 Å². The Morgan fingerprint density at radius 1 is 1.32 bits per heavy atom. The number of sulfone groups is 1. The number of hydrogen-bond donors (Lipinski definition) is 2. The van der Waals surface area contributed by atoms with Gasteiger partial charge in [0.15, 0.2) is 9.84 Å². The van der Waals surface area contributed by atoms with Crippen molar-refractivity contribution in [1.29, 1.82) is 0 Å². The summed E-state index contributed by atoms with van der Waals surface area (Å²) >= 11 is 0. The SMILES string of the molecule is CC(CO)(c1ccc(F)cc1S(C)(=O)=O)S(N)(=O)=O. The van der Waals surface area contributed by atoms with Gasteiger partial charge in [-0.05, 0) is 24.6 Å². The topological polar surface area (TPSA) is 115 Å². The van der Waals surface area contributed by atoms with Crippen molar-refractivity contribution in [2.45, 2.75) is 16.6 Å². The molecule has 0 radical (unpaired) electrons. The van der Waals surface area contributed by atoms with Gasteiger partial charge in [-0.1, -0.05) is 6.07 Å². The van der Waals surface area contributed by atoms with Crippen LogP contribution in [0.15, 0.2) is 23.1 Å². The average molecular weight is 311 g/mol. The van der Waals surface area contributed by atoms with Crippen LogP contribution in [0.4, 0.5) is 4.39 Å². The fraction of sp³-hybridized carbons (Fsp3) is 0.400. The summed E-state index contributed by atoms with van der Waals surface area (Å²) < 4.78 is 57.5. The fourth-order valence-corrected chi connectivity index (χ4v) is 3.32. The maximum Gasteiger partial charge on any atom is 0.221 e. The normalized spacial score (nSPS) is 16.1. The molecule has 1 atom stereocenters. The summed E-state index contributed by atoms with van der Waals surface area (Å²) in [4.78, 5) is -0.516. The van der Waals surface area contributed by atoms with Gasteiger partial charge in [0.05, 0.1) is 11.5 Å². The molecule has 9 heteroatoms. The van der Waals surface area contributed by atoms with Crippen molar-refractivity contribution in [2.24, 2.45) is 5.14 Å². The van der Waals surface area contributed by atoms with Crippen LogP contribution in [0, 0.1) is 5.82 Å². The largest absolute Gasteiger partial charge is 0.394 e. The van der Waals surface area contributed by atoms with Crippen molar-refractivity contribution >= 4 is 19.9 Å². The van der Waals surface area contributed by atoms with Gasteiger partial charge in [0.25, 0.3) is 0 Å². The van der Waals surface area contributed by atoms with Crippen LogP contribution in [0.2, 0.25) is 0 Å². The van der Waals surface area contributed by atoms with Crippen LogP contribution < -0.4 is 5.14 Å². The van der Waals surface area contributed by atoms with E-state index in [4.69, 9.17) is 5.14 Å². The van der Waals surface area contributed by atoms with Gasteiger partial charge < -0.3 is 5.11 Å². The van der Waals surface area contributed by atoms with E-state index in [1.165, 1.54) is 0 Å². The zero-order chi connectivity index (χ0) is 15.1. The molecule has 0 heterocycles. The lowest BCUT2D eigenvalue weighted by Crippen LogP contribution is -2.42. The Labute approximate surface area is 111 Å². The van der Waals surface area contributed by atoms with Gasteiger partial charge in [-0.15, -0.1) is 0 Å². The number of rotatable bonds is 4. The maximum atomic E-state index is 13.2. The van der Waals surface area contributed by atoms with Gasteiger partial charge in [0, 0.05) is 6.26 Å². The van der Waals surface area contributed by atoms with Crippen molar-refractivity contribution < 1.29 is 26.3 Å². The third-order valence-electron chi connectivity index (χ3n) is 2.84. The van der Waals surface area contributed by atoms with Gasteiger partial charge in [0.1, 0.15) is 10.6 Å². The molecule has 6 nitrogen and oxygen atoms in total. The number of nitrogens with two attached hydrogens (primary N) is 1. The summed E-state index contributed by atoms with van der Waals surface area (Å²) in [7, 11) is -8.18. The fourth-order valence-electron chi connectivity index (χ4n) is 1.57. The Morgan fingerprint density at radius 2 is 1.84 bits per heavy atom. The third kappa shape index (κ3) is 2.94. The highest BCUT2D eigenvalue weighted by molar-refractivity contribution is 7.91. The smallest absolute Gasteiger partial charge is 0.221 e. The van der Waals surface area contributed by atoms with Crippen LogP contribution >= 0.6 is 0 Å². The van der Waals surface area contributed by atoms with E-state index in [9.17, 15) is 26.3 Å². The monoisotopic (exact) mass is 311 g/mol. The van der Waals surface area contributed by atoms with E-state index in [-0.39, 0.29) is 5.56 Å². The third-order valence-corrected chi connectivity index (χ3v) is 5.58. The quantitative estimate of drug-likeness (QED) is 0.794. The molecule has 0 saturated carbocycles. The minimum absolute atomic E-state index is 0.263. The van der Waals surface area contributed by atoms with Gasteiger partial charge >= 0.3 is 0 Å². The Kier molecular flexibility index (Phi) is 4.06. The second-order valence-electron chi connectivity index (χ2n) is 4.35. The van der Waals surface area contributed by atoms with Crippen LogP contribution in [0.25, 0.3) is 0 Å². The van der Waals surface area contributed by atoms with Crippen molar-refractivity contribution in [3.63, 3.8) is 0 Å². The molecule has 0 bridgehead atoms. The molecule has 1 rings (SSSR count). The van der Waals surface area contributed by atoms with Crippen molar-refractivity contribution in [1.82, 2.24) is 0 Å². The second-order valence-corrected chi connectivity index (χ2v) is 8.32. The summed E-state index contributed by atoms with van der Waals surface area (Å²) in [5.41, 5.74) is -0.263. The molecule has 108 valence electrons. The first-order chi connectivity index (χ1) is 8.43. The van der Waals surface area contributed by atoms with Crippen LogP contribution in [0.3, 0.4) is 0 Å². The molecule has 0 aliphatic heterocycles. The molecule has 19 heavy (non-hydrogen) atoms. The summed E-state index contributed by atoms with van der Waals surface area (Å²) in [5, 5.41) is 14.3. The van der Waals surface area contributed by atoms with E-state index in [1.54, 1.807) is 0 Å². The minimum atomic E-state index is -4.30. The van der Waals surface area contributed by atoms with Crippen LogP contribution in [0.1, 0.15) is 12.5 Å². The number of sulfonamides is 1. The minimum Gasteiger partial charge on any atom is -0.394 e. The van der Waals surface area contributed by atoms with Gasteiger partial charge in [-0.2, -0.15) is 0 Å². The second kappa shape index (κ2) is 4.82. The highest BCUT2D eigenvalue weighted by atomic mass is 32.2. The highest BCUT2D eigenvalue weighted by Gasteiger charge is 2.41. The van der Waals surface area contributed by atoms with Crippen LogP contribution in [0.5, 0.6) is 0 Å². The summed E-state index contributed by atoms with van der Waals surface area (Å²) in [6.07, 6.45) is 0.812. The Bertz CT molecular complexity index is 699. The van der Waals surface area contributed by atoms with Crippen molar-refractivity contribution in [2.75, 3.05) is 12.9 Å². The molecule has 0 saturated heterocycles. The number of aliphatic hydroxyl groups excluding tert-OH is 1. The maximum absolute atomic E-state index is 13.2. The average Bonchev–Trinajstić information content (AvgIpc) is 2.25. The standard InChI is InChI=1S/C10H14FNO5S2/c1-10(6-13,19(12,16)17)8-4-3-7(11)5-9(8)18(2,14)15/h3-5,13H,6H2,1-2H3,(H2,12,16,17). The molecule has 1 unspecified atom stereocenters. The zero-order valence-corrected chi connectivity index (χ0v) is 11.9. The first-order valence-corrected chi connectivity index (χ1v) is 8.50. The van der Waals surface area contributed by atoms with E-state index < -0.39 is 41.9 Å². The van der Waals surface area contributed by atoms with Gasteiger partial charge in [0.2, 0.25) is 10.0 Å². The molecule has 3 N–H and O–H groups in total. The van der Waals surface area contributed by atoms with Gasteiger partial charge in [-0.25, -0.2) is 26.4 Å². The summed E-state index contributed by atoms with van der Waals surface area (Å²) in [5.74, 6) is -0.834. The summed E-state index contributed by atoms with van der Waals surface area (Å²) in [6.45, 7) is 0.143. The Balaban J connectivity index is 3.78. The number of halogens is 1. The molecule has 0 spiro atoms. The molecule has 0 fully saturated rings. The molecule has 0 aliphatic rings. The van der Waals surface area contributed by atoms with Crippen LogP contribution in [-0.2, 0) is 24.6 Å². The highest BCUT2D eigenvalue weighted by Crippen LogP contribution is 2.33. The van der Waals surface area contributed by atoms with Crippen molar-refractivity contribution in [3.05, 3.63) is 29.6 Å². The van der Waals surface area contributed by atoms with E-state index in [2.05, 4.69) is 0 Å². The Hall–Kier alpha value is -1.03. The predicted molar refractivity (Wildman–Crippen MR) is 67.1 cm³/mol. The van der Waals surface area contributed by atoms with E-state index in [0.717, 1.165) is 25.3 Å². The first-order valence-electron chi connectivity index (χ1n) is 5.07. The molecule has 0 amide bonds. The van der Waals surface area contributed by atoms with Crippen LogP contribution in [-0.4, -0.2) is 34.8 Å². The summed E-state index contributed by atoms with van der Waals surface area (Å²) in [6, 6.07) is 2.60. The lowest BCUT2D eigenvalue weighted by atomic mass is 10.0. The van der Waals surface area contributed by atoms with Gasteiger partial charge in [-0.3, -0.25) is 0 Å². The Morgan fingerprint density at radius 3 is 2.21 bits per heavy atom. The van der Waals surface area contributed by atoms with E-state index in [0.29, 0.717) is 6.07 Å². The lowest BCUT2D eigenvalue weighted by molar-refractivity contribution is 0.249. The molecule has 1 aromatic carbocycles. The zero-order valence-electron chi connectivity index (χ0n) is 10.3. The number of hydrogen-bond acceptors (Lipinski definition) is 5. The van der Waals surface area contributed by atoms with E-state index in [1.807, 2.05) is 0 Å². The molecular formula is C10H14FNO5S2. The first kappa shape index (κ1) is 16.0. The molecule has 0 aromatic heterocycles. The number of benzene rings is 1. The number of aliphatic hydroxyl groups is 1. The predicted octanol–water partition coefficient (Wildman–Crippen LogP) is -0.275. The molecule has 1 aromatic rings. The number of primary sulfonamides is 1. The molecule has 0 aliphatic carbocycles. The van der Waals surface area contributed by atoms with Crippen molar-refractivity contribution in [3.8, 4) is 0 Å². The molecular weight excluding hydrogens is 297 g/mol.